The van der Waals surface area contributed by atoms with E-state index in [0.29, 0.717) is 6.07 Å². The molecule has 146 valence electrons. The lowest BCUT2D eigenvalue weighted by Gasteiger charge is -2.22. The van der Waals surface area contributed by atoms with Crippen LogP contribution < -0.4 is 0 Å². The molecule has 0 spiro atoms. The minimum atomic E-state index is -4.88. The highest BCUT2D eigenvalue weighted by Crippen LogP contribution is 2.38. The summed E-state index contributed by atoms with van der Waals surface area (Å²) in [6, 6.07) is 2.50. The molecule has 1 aliphatic rings. The van der Waals surface area contributed by atoms with E-state index in [1.807, 2.05) is 0 Å². The van der Waals surface area contributed by atoms with E-state index >= 15 is 0 Å². The first-order valence-corrected chi connectivity index (χ1v) is 9.63. The predicted molar refractivity (Wildman–Crippen MR) is 89.2 cm³/mol. The number of carbonyl (C=O) groups excluding carboxylic acids is 1. The first-order valence-electron chi connectivity index (χ1n) is 7.81. The number of sulfonamides is 1. The Balaban J connectivity index is 2.29. The number of hydrogen-bond donors (Lipinski definition) is 0. The molecular weight excluding hydrogens is 395 g/mol. The van der Waals surface area contributed by atoms with Gasteiger partial charge in [0.25, 0.3) is 0 Å². The molecule has 1 aromatic rings. The number of halogens is 4. The summed E-state index contributed by atoms with van der Waals surface area (Å²) in [5, 5.41) is -0.218. The molecule has 0 aromatic heterocycles. The standard InChI is InChI=1S/C16H19ClF3NO4S/c1-15(2,3)25-14(22)10-6-7-21(9-10)26(23,24)13-5-4-11(17)8-12(13)16(18,19)20/h4-5,8,10H,6-7,9H2,1-3H3/t10-/m1/s1. The fourth-order valence-electron chi connectivity index (χ4n) is 2.61. The van der Waals surface area contributed by atoms with Crippen molar-refractivity contribution in [3.05, 3.63) is 28.8 Å². The van der Waals surface area contributed by atoms with Crippen LogP contribution in [-0.2, 0) is 25.7 Å². The third-order valence-electron chi connectivity index (χ3n) is 3.76. The van der Waals surface area contributed by atoms with Gasteiger partial charge < -0.3 is 4.74 Å². The van der Waals surface area contributed by atoms with E-state index in [4.69, 9.17) is 16.3 Å². The second kappa shape index (κ2) is 7.01. The number of benzene rings is 1. The molecule has 0 bridgehead atoms. The molecule has 0 N–H and O–H groups in total. The predicted octanol–water partition coefficient (Wildman–Crippen LogP) is 3.71. The molecule has 10 heteroatoms. The van der Waals surface area contributed by atoms with Crippen molar-refractivity contribution in [1.29, 1.82) is 0 Å². The molecular formula is C16H19ClF3NO4S. The van der Waals surface area contributed by atoms with Crippen LogP contribution in [0.3, 0.4) is 0 Å². The first-order chi connectivity index (χ1) is 11.7. The van der Waals surface area contributed by atoms with Gasteiger partial charge in [0.15, 0.2) is 0 Å². The minimum Gasteiger partial charge on any atom is -0.460 e. The Morgan fingerprint density at radius 2 is 1.88 bits per heavy atom. The molecule has 0 unspecified atom stereocenters. The summed E-state index contributed by atoms with van der Waals surface area (Å²) >= 11 is 5.59. The lowest BCUT2D eigenvalue weighted by Crippen LogP contribution is -2.33. The van der Waals surface area contributed by atoms with E-state index < -0.39 is 44.1 Å². The quantitative estimate of drug-likeness (QED) is 0.708. The number of carbonyl (C=O) groups is 1. The Hall–Kier alpha value is -1.32. The normalized spacial score (nSPS) is 19.6. The van der Waals surface area contributed by atoms with Crippen molar-refractivity contribution in [1.82, 2.24) is 4.31 Å². The lowest BCUT2D eigenvalue weighted by atomic mass is 10.1. The van der Waals surface area contributed by atoms with E-state index in [9.17, 15) is 26.4 Å². The van der Waals surface area contributed by atoms with Gasteiger partial charge >= 0.3 is 12.1 Å². The molecule has 1 fully saturated rings. The van der Waals surface area contributed by atoms with Crippen LogP contribution in [0.25, 0.3) is 0 Å². The average Bonchev–Trinajstić information content (AvgIpc) is 2.94. The van der Waals surface area contributed by atoms with Crippen LogP contribution in [0, 0.1) is 5.92 Å². The fourth-order valence-corrected chi connectivity index (χ4v) is 4.48. The van der Waals surface area contributed by atoms with Gasteiger partial charge in [-0.3, -0.25) is 4.79 Å². The van der Waals surface area contributed by atoms with E-state index in [-0.39, 0.29) is 24.5 Å². The van der Waals surface area contributed by atoms with Crippen LogP contribution in [-0.4, -0.2) is 37.4 Å². The third-order valence-corrected chi connectivity index (χ3v) is 5.91. The molecule has 5 nitrogen and oxygen atoms in total. The van der Waals surface area contributed by atoms with Crippen LogP contribution in [0.15, 0.2) is 23.1 Å². The first kappa shape index (κ1) is 21.0. The van der Waals surface area contributed by atoms with Crippen LogP contribution in [0.5, 0.6) is 0 Å². The number of ether oxygens (including phenoxy) is 1. The molecule has 0 saturated carbocycles. The average molecular weight is 414 g/mol. The van der Waals surface area contributed by atoms with Gasteiger partial charge in [0.05, 0.1) is 16.4 Å². The van der Waals surface area contributed by atoms with Crippen molar-refractivity contribution in [2.24, 2.45) is 5.92 Å². The Bertz CT molecular complexity index is 803. The second-order valence-electron chi connectivity index (χ2n) is 7.02. The summed E-state index contributed by atoms with van der Waals surface area (Å²) in [6.45, 7) is 4.75. The van der Waals surface area contributed by atoms with Crippen LogP contribution in [0.4, 0.5) is 13.2 Å². The van der Waals surface area contributed by atoms with E-state index in [1.54, 1.807) is 20.8 Å². The van der Waals surface area contributed by atoms with Gasteiger partial charge in [0.2, 0.25) is 10.0 Å². The number of esters is 1. The number of alkyl halides is 3. The Morgan fingerprint density at radius 3 is 2.42 bits per heavy atom. The van der Waals surface area contributed by atoms with Crippen molar-refractivity contribution >= 4 is 27.6 Å². The maximum Gasteiger partial charge on any atom is 0.417 e. The molecule has 1 heterocycles. The topological polar surface area (TPSA) is 63.7 Å². The van der Waals surface area contributed by atoms with E-state index in [0.717, 1.165) is 16.4 Å². The molecule has 0 radical (unpaired) electrons. The highest BCUT2D eigenvalue weighted by atomic mass is 35.5. The molecule has 1 aromatic carbocycles. The van der Waals surface area contributed by atoms with Crippen molar-refractivity contribution in [2.75, 3.05) is 13.1 Å². The third kappa shape index (κ3) is 4.69. The summed E-state index contributed by atoms with van der Waals surface area (Å²) in [5.41, 5.74) is -2.06. The summed E-state index contributed by atoms with van der Waals surface area (Å²) in [6.07, 6.45) is -4.69. The van der Waals surface area contributed by atoms with Crippen molar-refractivity contribution in [3.63, 3.8) is 0 Å². The van der Waals surface area contributed by atoms with Crippen LogP contribution in [0.1, 0.15) is 32.8 Å². The van der Waals surface area contributed by atoms with E-state index in [1.165, 1.54) is 0 Å². The van der Waals surface area contributed by atoms with Gasteiger partial charge in [-0.25, -0.2) is 8.42 Å². The zero-order valence-electron chi connectivity index (χ0n) is 14.4. The highest BCUT2D eigenvalue weighted by Gasteiger charge is 2.42. The highest BCUT2D eigenvalue weighted by molar-refractivity contribution is 7.89. The summed E-state index contributed by atoms with van der Waals surface area (Å²) in [7, 11) is -4.43. The Labute approximate surface area is 155 Å². The summed E-state index contributed by atoms with van der Waals surface area (Å²) in [4.78, 5) is 11.2. The SMILES string of the molecule is CC(C)(C)OC(=O)[C@@H]1CCN(S(=O)(=O)c2ccc(Cl)cc2C(F)(F)F)C1. The summed E-state index contributed by atoms with van der Waals surface area (Å²) in [5.74, 6) is -1.28. The maximum absolute atomic E-state index is 13.2. The monoisotopic (exact) mass is 413 g/mol. The van der Waals surface area contributed by atoms with Crippen molar-refractivity contribution in [2.45, 2.75) is 43.9 Å². The van der Waals surface area contributed by atoms with Crippen LogP contribution in [0.2, 0.25) is 5.02 Å². The second-order valence-corrected chi connectivity index (χ2v) is 9.36. The van der Waals surface area contributed by atoms with Gasteiger partial charge in [0.1, 0.15) is 5.60 Å². The lowest BCUT2D eigenvalue weighted by molar-refractivity contribution is -0.159. The molecule has 1 saturated heterocycles. The van der Waals surface area contributed by atoms with Gasteiger partial charge in [0, 0.05) is 18.1 Å². The number of nitrogens with zero attached hydrogens (tertiary/aromatic N) is 1. The smallest absolute Gasteiger partial charge is 0.417 e. The van der Waals surface area contributed by atoms with E-state index in [2.05, 4.69) is 0 Å². The minimum absolute atomic E-state index is 0.0633. The molecule has 0 aliphatic carbocycles. The van der Waals surface area contributed by atoms with Gasteiger partial charge in [-0.15, -0.1) is 0 Å². The van der Waals surface area contributed by atoms with Crippen molar-refractivity contribution in [3.8, 4) is 0 Å². The molecule has 26 heavy (non-hydrogen) atoms. The van der Waals surface area contributed by atoms with Crippen molar-refractivity contribution < 1.29 is 31.1 Å². The van der Waals surface area contributed by atoms with Gasteiger partial charge in [-0.1, -0.05) is 11.6 Å². The number of rotatable bonds is 3. The van der Waals surface area contributed by atoms with Crippen LogP contribution >= 0.6 is 11.6 Å². The molecule has 2 rings (SSSR count). The maximum atomic E-state index is 13.2. The van der Waals surface area contributed by atoms with Gasteiger partial charge in [-0.05, 0) is 45.4 Å². The molecule has 1 atom stereocenters. The Kier molecular flexibility index (Phi) is 5.66. The Morgan fingerprint density at radius 1 is 1.27 bits per heavy atom. The zero-order chi connectivity index (χ0) is 19.9. The molecule has 0 amide bonds. The zero-order valence-corrected chi connectivity index (χ0v) is 16.0. The largest absolute Gasteiger partial charge is 0.460 e. The molecule has 1 aliphatic heterocycles. The van der Waals surface area contributed by atoms with Gasteiger partial charge in [-0.2, -0.15) is 17.5 Å². The fraction of sp³-hybridized carbons (Fsp3) is 0.562. The number of hydrogen-bond acceptors (Lipinski definition) is 4. The summed E-state index contributed by atoms with van der Waals surface area (Å²) < 4.78 is 71.2.